The van der Waals surface area contributed by atoms with Crippen LogP contribution in [0.1, 0.15) is 37.5 Å². The first-order valence-electron chi connectivity index (χ1n) is 6.25. The summed E-state index contributed by atoms with van der Waals surface area (Å²) >= 11 is 3.44. The van der Waals surface area contributed by atoms with Gasteiger partial charge in [0.05, 0.1) is 0 Å². The van der Waals surface area contributed by atoms with Crippen LogP contribution in [0.5, 0.6) is 0 Å². The van der Waals surface area contributed by atoms with Gasteiger partial charge < -0.3 is 4.74 Å². The highest BCUT2D eigenvalue weighted by Gasteiger charge is 2.07. The average Bonchev–Trinajstić information content (AvgIpc) is 2.37. The lowest BCUT2D eigenvalue weighted by Crippen LogP contribution is -2.17. The van der Waals surface area contributed by atoms with E-state index in [0.717, 1.165) is 18.3 Å². The minimum absolute atomic E-state index is 0.318. The molecule has 2 rings (SSSR count). The van der Waals surface area contributed by atoms with Gasteiger partial charge in [0.1, 0.15) is 5.60 Å². The third kappa shape index (κ3) is 6.01. The number of benzene rings is 1. The minimum Gasteiger partial charge on any atom is -0.462 e. The molecule has 0 radical (unpaired) electrons. The Labute approximate surface area is 123 Å². The number of hydrogen-bond acceptors (Lipinski definition) is 3. The van der Waals surface area contributed by atoms with Gasteiger partial charge in [-0.1, -0.05) is 28.1 Å². The van der Waals surface area contributed by atoms with Gasteiger partial charge >= 0.3 is 0 Å². The smallest absolute Gasteiger partial charge is 0.293 e. The largest absolute Gasteiger partial charge is 0.462 e. The highest BCUT2D eigenvalue weighted by Crippen LogP contribution is 2.15. The SMILES string of the molecule is BrCc1ccc2c(c1)C=NCC2.CC(C)(C)OC=O. The monoisotopic (exact) mass is 325 g/mol. The standard InChI is InChI=1S/C10H10BrN.C5H10O2/c11-6-8-1-2-9-3-4-12-7-10(9)5-8;1-5(2,3)7-4-6/h1-2,5,7H,3-4,6H2;4H,1-3H3. The summed E-state index contributed by atoms with van der Waals surface area (Å²) in [6, 6.07) is 6.58. The van der Waals surface area contributed by atoms with Crippen molar-refractivity contribution >= 4 is 28.6 Å². The zero-order valence-corrected chi connectivity index (χ0v) is 13.2. The lowest BCUT2D eigenvalue weighted by molar-refractivity contribution is -0.138. The van der Waals surface area contributed by atoms with Crippen LogP contribution >= 0.6 is 15.9 Å². The Morgan fingerprint density at radius 3 is 2.68 bits per heavy atom. The zero-order chi connectivity index (χ0) is 14.3. The second kappa shape index (κ2) is 7.43. The molecular formula is C15H20BrNO2. The molecule has 0 aliphatic carbocycles. The molecule has 0 amide bonds. The van der Waals surface area contributed by atoms with E-state index in [1.807, 2.05) is 27.0 Å². The lowest BCUT2D eigenvalue weighted by atomic mass is 10.0. The summed E-state index contributed by atoms with van der Waals surface area (Å²) in [5, 5.41) is 0.925. The third-order valence-corrected chi connectivity index (χ3v) is 3.15. The molecule has 0 unspecified atom stereocenters. The Kier molecular flexibility index (Phi) is 6.22. The molecule has 1 aliphatic rings. The fourth-order valence-corrected chi connectivity index (χ4v) is 1.92. The lowest BCUT2D eigenvalue weighted by Gasteiger charge is -2.14. The summed E-state index contributed by atoms with van der Waals surface area (Å²) in [4.78, 5) is 13.9. The van der Waals surface area contributed by atoms with Crippen LogP contribution in [0.15, 0.2) is 23.2 Å². The van der Waals surface area contributed by atoms with E-state index in [9.17, 15) is 4.79 Å². The minimum atomic E-state index is -0.318. The van der Waals surface area contributed by atoms with Crippen molar-refractivity contribution in [2.45, 2.75) is 38.1 Å². The number of ether oxygens (including phenoxy) is 1. The summed E-state index contributed by atoms with van der Waals surface area (Å²) in [5.74, 6) is 0. The molecule has 4 heteroatoms. The van der Waals surface area contributed by atoms with Crippen molar-refractivity contribution in [1.82, 2.24) is 0 Å². The van der Waals surface area contributed by atoms with Crippen LogP contribution < -0.4 is 0 Å². The molecular weight excluding hydrogens is 306 g/mol. The molecule has 0 fully saturated rings. The maximum Gasteiger partial charge on any atom is 0.293 e. The Hall–Kier alpha value is -1.16. The number of halogens is 1. The Bertz CT molecular complexity index is 450. The molecule has 0 saturated carbocycles. The van der Waals surface area contributed by atoms with Crippen LogP contribution in [0.4, 0.5) is 0 Å². The van der Waals surface area contributed by atoms with E-state index in [-0.39, 0.29) is 5.60 Å². The summed E-state index contributed by atoms with van der Waals surface area (Å²) < 4.78 is 4.55. The predicted octanol–water partition coefficient (Wildman–Crippen LogP) is 3.51. The Balaban J connectivity index is 0.000000224. The van der Waals surface area contributed by atoms with Gasteiger partial charge in [-0.25, -0.2) is 0 Å². The topological polar surface area (TPSA) is 38.7 Å². The number of carbonyl (C=O) groups excluding carboxylic acids is 1. The average molecular weight is 326 g/mol. The van der Waals surface area contributed by atoms with Crippen LogP contribution in [-0.2, 0) is 21.3 Å². The summed E-state index contributed by atoms with van der Waals surface area (Å²) in [7, 11) is 0. The van der Waals surface area contributed by atoms with E-state index >= 15 is 0 Å². The Morgan fingerprint density at radius 2 is 2.16 bits per heavy atom. The van der Waals surface area contributed by atoms with Gasteiger partial charge in [-0.15, -0.1) is 0 Å². The molecule has 0 aromatic heterocycles. The highest BCUT2D eigenvalue weighted by molar-refractivity contribution is 9.08. The molecule has 19 heavy (non-hydrogen) atoms. The van der Waals surface area contributed by atoms with Crippen molar-refractivity contribution in [2.75, 3.05) is 6.54 Å². The third-order valence-electron chi connectivity index (χ3n) is 2.51. The van der Waals surface area contributed by atoms with E-state index in [1.54, 1.807) is 0 Å². The first-order valence-corrected chi connectivity index (χ1v) is 7.37. The summed E-state index contributed by atoms with van der Waals surface area (Å²) in [6.07, 6.45) is 3.07. The van der Waals surface area contributed by atoms with Gasteiger partial charge in [-0.05, 0) is 49.9 Å². The molecule has 1 aromatic carbocycles. The van der Waals surface area contributed by atoms with Crippen molar-refractivity contribution in [3.63, 3.8) is 0 Å². The highest BCUT2D eigenvalue weighted by atomic mass is 79.9. The first kappa shape index (κ1) is 15.9. The van der Waals surface area contributed by atoms with Gasteiger partial charge in [0.15, 0.2) is 0 Å². The molecule has 0 bridgehead atoms. The number of carbonyl (C=O) groups is 1. The molecule has 0 N–H and O–H groups in total. The van der Waals surface area contributed by atoms with Crippen LogP contribution in [0, 0.1) is 0 Å². The summed E-state index contributed by atoms with van der Waals surface area (Å²) in [6.45, 7) is 6.87. The fraction of sp³-hybridized carbons (Fsp3) is 0.467. The predicted molar refractivity (Wildman–Crippen MR) is 82.1 cm³/mol. The van der Waals surface area contributed by atoms with Crippen molar-refractivity contribution in [2.24, 2.45) is 4.99 Å². The molecule has 1 aromatic rings. The molecule has 0 atom stereocenters. The van der Waals surface area contributed by atoms with Gasteiger partial charge in [0.2, 0.25) is 0 Å². The van der Waals surface area contributed by atoms with Gasteiger partial charge in [0.25, 0.3) is 6.47 Å². The zero-order valence-electron chi connectivity index (χ0n) is 11.6. The molecule has 104 valence electrons. The molecule has 1 heterocycles. The maximum absolute atomic E-state index is 9.60. The number of alkyl halides is 1. The molecule has 0 saturated heterocycles. The molecule has 1 aliphatic heterocycles. The number of aliphatic imine (C=N–C) groups is 1. The second-order valence-electron chi connectivity index (χ2n) is 5.28. The van der Waals surface area contributed by atoms with Crippen molar-refractivity contribution in [3.8, 4) is 0 Å². The summed E-state index contributed by atoms with van der Waals surface area (Å²) in [5.41, 5.74) is 3.72. The van der Waals surface area contributed by atoms with Crippen LogP contribution in [0.3, 0.4) is 0 Å². The van der Waals surface area contributed by atoms with Crippen molar-refractivity contribution in [3.05, 3.63) is 34.9 Å². The van der Waals surface area contributed by atoms with Gasteiger partial charge in [0, 0.05) is 18.1 Å². The molecule has 3 nitrogen and oxygen atoms in total. The Morgan fingerprint density at radius 1 is 1.42 bits per heavy atom. The maximum atomic E-state index is 9.60. The van der Waals surface area contributed by atoms with Crippen molar-refractivity contribution in [1.29, 1.82) is 0 Å². The van der Waals surface area contributed by atoms with Crippen molar-refractivity contribution < 1.29 is 9.53 Å². The fourth-order valence-electron chi connectivity index (χ4n) is 1.57. The number of nitrogens with zero attached hydrogens (tertiary/aromatic N) is 1. The second-order valence-corrected chi connectivity index (χ2v) is 5.84. The number of hydrogen-bond donors (Lipinski definition) is 0. The van der Waals surface area contributed by atoms with E-state index < -0.39 is 0 Å². The number of rotatable bonds is 2. The van der Waals surface area contributed by atoms with Gasteiger partial charge in [-0.3, -0.25) is 9.79 Å². The van der Waals surface area contributed by atoms with Crippen LogP contribution in [0.25, 0.3) is 0 Å². The number of fused-ring (bicyclic) bond motifs is 1. The van der Waals surface area contributed by atoms with Crippen LogP contribution in [0.2, 0.25) is 0 Å². The van der Waals surface area contributed by atoms with Crippen LogP contribution in [-0.4, -0.2) is 24.8 Å². The van der Waals surface area contributed by atoms with E-state index in [4.69, 9.17) is 0 Å². The molecule has 0 spiro atoms. The quantitative estimate of drug-likeness (QED) is 0.616. The van der Waals surface area contributed by atoms with E-state index in [0.29, 0.717) is 6.47 Å². The van der Waals surface area contributed by atoms with E-state index in [1.165, 1.54) is 16.7 Å². The van der Waals surface area contributed by atoms with E-state index in [2.05, 4.69) is 43.9 Å². The normalized spacial score (nSPS) is 13.1. The first-order chi connectivity index (χ1) is 8.96. The van der Waals surface area contributed by atoms with Gasteiger partial charge in [-0.2, -0.15) is 0 Å².